The molecule has 2 aliphatic heterocycles. The van der Waals surface area contributed by atoms with Gasteiger partial charge in [-0.15, -0.1) is 0 Å². The molecule has 3 heteroatoms. The van der Waals surface area contributed by atoms with E-state index in [4.69, 9.17) is 0 Å². The van der Waals surface area contributed by atoms with Gasteiger partial charge in [0, 0.05) is 26.1 Å². The Morgan fingerprint density at radius 2 is 1.86 bits per heavy atom. The smallest absolute Gasteiger partial charge is 0.222 e. The van der Waals surface area contributed by atoms with Gasteiger partial charge < -0.3 is 9.80 Å². The van der Waals surface area contributed by atoms with E-state index in [-0.39, 0.29) is 0 Å². The van der Waals surface area contributed by atoms with Crippen molar-refractivity contribution < 1.29 is 4.79 Å². The monoisotopic (exact) mass is 294 g/mol. The molecule has 2 rings (SSSR count). The summed E-state index contributed by atoms with van der Waals surface area (Å²) < 4.78 is 0. The van der Waals surface area contributed by atoms with Gasteiger partial charge in [0.25, 0.3) is 0 Å². The van der Waals surface area contributed by atoms with Crippen LogP contribution in [0.5, 0.6) is 0 Å². The van der Waals surface area contributed by atoms with Gasteiger partial charge >= 0.3 is 0 Å². The van der Waals surface area contributed by atoms with Crippen LogP contribution in [0.4, 0.5) is 0 Å². The molecule has 122 valence electrons. The topological polar surface area (TPSA) is 23.6 Å². The Bertz CT molecular complexity index is 321. The van der Waals surface area contributed by atoms with Crippen LogP contribution in [-0.2, 0) is 4.79 Å². The summed E-state index contributed by atoms with van der Waals surface area (Å²) in [6, 6.07) is 0. The zero-order chi connectivity index (χ0) is 15.2. The van der Waals surface area contributed by atoms with Crippen LogP contribution >= 0.6 is 0 Å². The van der Waals surface area contributed by atoms with Gasteiger partial charge in [0.05, 0.1) is 0 Å². The lowest BCUT2D eigenvalue weighted by Crippen LogP contribution is -2.39. The van der Waals surface area contributed by atoms with Crippen LogP contribution in [0, 0.1) is 17.8 Å². The van der Waals surface area contributed by atoms with Crippen LogP contribution in [0.15, 0.2) is 0 Å². The largest absolute Gasteiger partial charge is 0.343 e. The molecule has 21 heavy (non-hydrogen) atoms. The van der Waals surface area contributed by atoms with Crippen molar-refractivity contribution in [2.45, 2.75) is 59.3 Å². The van der Waals surface area contributed by atoms with E-state index in [1.165, 1.54) is 38.8 Å². The van der Waals surface area contributed by atoms with Gasteiger partial charge in [0.1, 0.15) is 0 Å². The second-order valence-corrected chi connectivity index (χ2v) is 7.43. The third-order valence-electron chi connectivity index (χ3n) is 5.65. The number of hydrogen-bond donors (Lipinski definition) is 0. The quantitative estimate of drug-likeness (QED) is 0.749. The number of rotatable bonds is 6. The van der Waals surface area contributed by atoms with E-state index in [2.05, 4.69) is 30.6 Å². The fourth-order valence-corrected chi connectivity index (χ4v) is 3.88. The van der Waals surface area contributed by atoms with Crippen molar-refractivity contribution in [3.8, 4) is 0 Å². The summed E-state index contributed by atoms with van der Waals surface area (Å²) >= 11 is 0. The summed E-state index contributed by atoms with van der Waals surface area (Å²) in [5.74, 6) is 2.88. The van der Waals surface area contributed by atoms with Crippen molar-refractivity contribution in [2.24, 2.45) is 17.8 Å². The average Bonchev–Trinajstić information content (AvgIpc) is 2.95. The zero-order valence-corrected chi connectivity index (χ0v) is 14.3. The highest BCUT2D eigenvalue weighted by atomic mass is 16.2. The van der Waals surface area contributed by atoms with Crippen molar-refractivity contribution in [2.75, 3.05) is 32.7 Å². The molecule has 0 aromatic rings. The van der Waals surface area contributed by atoms with E-state index in [1.54, 1.807) is 0 Å². The van der Waals surface area contributed by atoms with Gasteiger partial charge in [0.15, 0.2) is 0 Å². The molecule has 0 saturated carbocycles. The van der Waals surface area contributed by atoms with Gasteiger partial charge in [-0.1, -0.05) is 27.2 Å². The third-order valence-corrected chi connectivity index (χ3v) is 5.65. The molecule has 0 aromatic carbocycles. The Morgan fingerprint density at radius 3 is 2.43 bits per heavy atom. The number of nitrogens with zero attached hydrogens (tertiary/aromatic N) is 2. The molecular formula is C18H34N2O. The number of likely N-dealkylation sites (tertiary alicyclic amines) is 2. The Morgan fingerprint density at radius 1 is 1.14 bits per heavy atom. The van der Waals surface area contributed by atoms with E-state index >= 15 is 0 Å². The maximum Gasteiger partial charge on any atom is 0.222 e. The summed E-state index contributed by atoms with van der Waals surface area (Å²) in [5, 5.41) is 0. The molecule has 0 spiro atoms. The Balaban J connectivity index is 1.60. The minimum absolute atomic E-state index is 0.392. The third kappa shape index (κ3) is 4.98. The standard InChI is InChI=1S/C18H34N2O/c1-4-16-7-11-19(14-16)10-5-6-18(21)20-12-8-17(9-13-20)15(2)3/h15-17H,4-14H2,1-3H3/t16-/m1/s1. The highest BCUT2D eigenvalue weighted by molar-refractivity contribution is 5.76. The van der Waals surface area contributed by atoms with Gasteiger partial charge in [0.2, 0.25) is 5.91 Å². The molecule has 1 amide bonds. The van der Waals surface area contributed by atoms with Crippen molar-refractivity contribution in [1.29, 1.82) is 0 Å². The molecule has 2 saturated heterocycles. The van der Waals surface area contributed by atoms with E-state index in [9.17, 15) is 4.79 Å². The molecule has 2 aliphatic rings. The Kier molecular flexibility index (Phi) is 6.53. The maximum atomic E-state index is 12.3. The van der Waals surface area contributed by atoms with Crippen LogP contribution in [0.2, 0.25) is 0 Å². The van der Waals surface area contributed by atoms with Crippen LogP contribution in [0.25, 0.3) is 0 Å². The second kappa shape index (κ2) is 8.17. The van der Waals surface area contributed by atoms with Gasteiger partial charge in [-0.2, -0.15) is 0 Å². The van der Waals surface area contributed by atoms with Crippen molar-refractivity contribution in [3.63, 3.8) is 0 Å². The molecule has 2 fully saturated rings. The predicted molar refractivity (Wildman–Crippen MR) is 88.2 cm³/mol. The Hall–Kier alpha value is -0.570. The normalized spacial score (nSPS) is 25.0. The molecule has 0 aliphatic carbocycles. The fourth-order valence-electron chi connectivity index (χ4n) is 3.88. The summed E-state index contributed by atoms with van der Waals surface area (Å²) in [5.41, 5.74) is 0. The number of carbonyl (C=O) groups excluding carboxylic acids is 1. The van der Waals surface area contributed by atoms with E-state index in [1.807, 2.05) is 0 Å². The highest BCUT2D eigenvalue weighted by Crippen LogP contribution is 2.25. The van der Waals surface area contributed by atoms with E-state index in [0.717, 1.165) is 50.2 Å². The summed E-state index contributed by atoms with van der Waals surface area (Å²) in [4.78, 5) is 16.9. The minimum Gasteiger partial charge on any atom is -0.343 e. The average molecular weight is 294 g/mol. The number of carbonyl (C=O) groups is 1. The van der Waals surface area contributed by atoms with Crippen LogP contribution in [0.3, 0.4) is 0 Å². The molecule has 0 unspecified atom stereocenters. The minimum atomic E-state index is 0.392. The van der Waals surface area contributed by atoms with Crippen LogP contribution in [0.1, 0.15) is 59.3 Å². The van der Waals surface area contributed by atoms with Crippen molar-refractivity contribution >= 4 is 5.91 Å². The van der Waals surface area contributed by atoms with E-state index in [0.29, 0.717) is 5.91 Å². The van der Waals surface area contributed by atoms with Crippen molar-refractivity contribution in [3.05, 3.63) is 0 Å². The molecule has 3 nitrogen and oxygen atoms in total. The molecule has 1 atom stereocenters. The van der Waals surface area contributed by atoms with Crippen LogP contribution in [-0.4, -0.2) is 48.4 Å². The van der Waals surface area contributed by atoms with E-state index < -0.39 is 0 Å². The first-order valence-corrected chi connectivity index (χ1v) is 9.10. The van der Waals surface area contributed by atoms with Gasteiger partial charge in [-0.25, -0.2) is 0 Å². The first-order valence-electron chi connectivity index (χ1n) is 9.10. The fraction of sp³-hybridized carbons (Fsp3) is 0.944. The van der Waals surface area contributed by atoms with Gasteiger partial charge in [-0.3, -0.25) is 4.79 Å². The molecule has 0 N–H and O–H groups in total. The Labute approximate surface area is 131 Å². The first kappa shape index (κ1) is 16.8. The predicted octanol–water partition coefficient (Wildman–Crippen LogP) is 3.39. The maximum absolute atomic E-state index is 12.3. The van der Waals surface area contributed by atoms with Gasteiger partial charge in [-0.05, 0) is 56.5 Å². The summed E-state index contributed by atoms with van der Waals surface area (Å²) in [7, 11) is 0. The lowest BCUT2D eigenvalue weighted by Gasteiger charge is -2.34. The first-order chi connectivity index (χ1) is 10.1. The summed E-state index contributed by atoms with van der Waals surface area (Å²) in [6.45, 7) is 12.5. The number of amides is 1. The van der Waals surface area contributed by atoms with Crippen molar-refractivity contribution in [1.82, 2.24) is 9.80 Å². The highest BCUT2D eigenvalue weighted by Gasteiger charge is 2.25. The van der Waals surface area contributed by atoms with Crippen LogP contribution < -0.4 is 0 Å². The zero-order valence-electron chi connectivity index (χ0n) is 14.3. The SMILES string of the molecule is CC[C@@H]1CCN(CCCC(=O)N2CCC(C(C)C)CC2)C1. The number of piperidine rings is 1. The second-order valence-electron chi connectivity index (χ2n) is 7.43. The molecule has 0 radical (unpaired) electrons. The lowest BCUT2D eigenvalue weighted by molar-refractivity contribution is -0.132. The number of hydrogen-bond acceptors (Lipinski definition) is 2. The lowest BCUT2D eigenvalue weighted by atomic mass is 9.86. The molecule has 0 bridgehead atoms. The summed E-state index contributed by atoms with van der Waals surface area (Å²) in [6.07, 6.45) is 6.85. The molecule has 0 aromatic heterocycles. The molecular weight excluding hydrogens is 260 g/mol. The molecule has 2 heterocycles.